The second-order valence-electron chi connectivity index (χ2n) is 7.73. The van der Waals surface area contributed by atoms with E-state index >= 15 is 0 Å². The number of hydrogen-bond donors (Lipinski definition) is 0. The molecule has 37 heavy (non-hydrogen) atoms. The van der Waals surface area contributed by atoms with Crippen LogP contribution in [0.3, 0.4) is 0 Å². The molecular weight excluding hydrogens is 620 g/mol. The lowest BCUT2D eigenvalue weighted by molar-refractivity contribution is -0.139. The molecule has 3 aromatic rings. The number of aldehydes is 1. The second kappa shape index (κ2) is 13.6. The maximum Gasteiger partial charge on any atom is 0.392 e. The molecule has 0 spiro atoms. The lowest BCUT2D eigenvalue weighted by Gasteiger charge is -2.16. The van der Waals surface area contributed by atoms with Gasteiger partial charge in [0.25, 0.3) is 0 Å². The fourth-order valence-corrected chi connectivity index (χ4v) is 4.30. The van der Waals surface area contributed by atoms with Crippen LogP contribution in [0.25, 0.3) is 11.1 Å². The molecule has 0 atom stereocenters. The van der Waals surface area contributed by atoms with E-state index < -0.39 is 19.2 Å². The van der Waals surface area contributed by atoms with Gasteiger partial charge in [0, 0.05) is 28.1 Å². The minimum atomic E-state index is -4.39. The van der Waals surface area contributed by atoms with Crippen molar-refractivity contribution < 1.29 is 32.2 Å². The highest BCUT2D eigenvalue weighted by Crippen LogP contribution is 2.40. The quantitative estimate of drug-likeness (QED) is 0.113. The van der Waals surface area contributed by atoms with Crippen LogP contribution < -0.4 is 14.2 Å². The first-order valence-electron chi connectivity index (χ1n) is 11.0. The Kier molecular flexibility index (Phi) is 10.8. The van der Waals surface area contributed by atoms with E-state index in [-0.39, 0.29) is 28.7 Å². The van der Waals surface area contributed by atoms with Crippen molar-refractivity contribution in [3.05, 3.63) is 74.7 Å². The molecular formula is C26H21BrCl3F3O4. The molecule has 0 N–H and O–H groups in total. The number of ether oxygens (including phenoxy) is 3. The Hall–Kier alpha value is -2.13. The number of carbonyl (C=O) groups excluding carboxylic acids is 1. The minimum Gasteiger partial charge on any atom is -0.492 e. The van der Waals surface area contributed by atoms with Crippen LogP contribution in [0.1, 0.15) is 28.8 Å². The van der Waals surface area contributed by atoms with Crippen molar-refractivity contribution in [2.75, 3.05) is 18.5 Å². The van der Waals surface area contributed by atoms with Crippen LogP contribution in [-0.2, 0) is 6.61 Å². The second-order valence-corrected chi connectivity index (χ2v) is 9.68. The summed E-state index contributed by atoms with van der Waals surface area (Å²) in [7, 11) is 0. The molecule has 0 heterocycles. The first-order valence-corrected chi connectivity index (χ1v) is 13.3. The van der Waals surface area contributed by atoms with Gasteiger partial charge in [-0.15, -0.1) is 0 Å². The topological polar surface area (TPSA) is 44.8 Å². The Morgan fingerprint density at radius 3 is 2.19 bits per heavy atom. The molecule has 0 aliphatic heterocycles. The van der Waals surface area contributed by atoms with Crippen molar-refractivity contribution >= 4 is 57.0 Å². The molecule has 0 aliphatic rings. The third-order valence-corrected chi connectivity index (χ3v) is 6.78. The maximum absolute atomic E-state index is 12.5. The standard InChI is InChI=1S/C26H21BrCl3F3O4/c27-9-3-10-35-21-7-2-6-19(25(21)30)18-5-1-4-16(24(18)29)15-37-23-13-22(17(14-34)12-20(23)28)36-11-8-26(31,32)33/h1-2,4-7,12-14H,3,8-11,15H2. The SMILES string of the molecule is O=Cc1cc(Cl)c(OCc2cccc(-c3cccc(OCCCBr)c3Cl)c2Cl)cc1OCCC(F)(F)F. The summed E-state index contributed by atoms with van der Waals surface area (Å²) in [6.07, 6.45) is -4.30. The fourth-order valence-electron chi connectivity index (χ4n) is 3.28. The van der Waals surface area contributed by atoms with Gasteiger partial charge in [0.15, 0.2) is 6.29 Å². The molecule has 0 fully saturated rings. The van der Waals surface area contributed by atoms with Gasteiger partial charge in [-0.3, -0.25) is 4.79 Å². The number of alkyl halides is 4. The largest absolute Gasteiger partial charge is 0.492 e. The van der Waals surface area contributed by atoms with Gasteiger partial charge in [-0.1, -0.05) is 81.1 Å². The number of halogens is 7. The summed E-state index contributed by atoms with van der Waals surface area (Å²) in [5, 5.41) is 1.71. The van der Waals surface area contributed by atoms with E-state index in [1.165, 1.54) is 12.1 Å². The number of hydrogen-bond acceptors (Lipinski definition) is 4. The van der Waals surface area contributed by atoms with Crippen molar-refractivity contribution in [3.8, 4) is 28.4 Å². The summed E-state index contributed by atoms with van der Waals surface area (Å²) in [6.45, 7) is -0.172. The van der Waals surface area contributed by atoms with E-state index in [9.17, 15) is 18.0 Å². The van der Waals surface area contributed by atoms with Crippen LogP contribution in [0.2, 0.25) is 15.1 Å². The van der Waals surface area contributed by atoms with Crippen LogP contribution in [0.4, 0.5) is 13.2 Å². The average Bonchev–Trinajstić information content (AvgIpc) is 2.85. The van der Waals surface area contributed by atoms with E-state index in [4.69, 9.17) is 49.0 Å². The first-order chi connectivity index (χ1) is 17.6. The highest BCUT2D eigenvalue weighted by Gasteiger charge is 2.27. The van der Waals surface area contributed by atoms with Crippen molar-refractivity contribution in [2.24, 2.45) is 0 Å². The molecule has 0 amide bonds. The van der Waals surface area contributed by atoms with Gasteiger partial charge >= 0.3 is 6.18 Å². The predicted octanol–water partition coefficient (Wildman–Crippen LogP) is 9.20. The molecule has 4 nitrogen and oxygen atoms in total. The molecule has 198 valence electrons. The van der Waals surface area contributed by atoms with Crippen LogP contribution in [0, 0.1) is 0 Å². The summed E-state index contributed by atoms with van der Waals surface area (Å²) >= 11 is 22.9. The maximum atomic E-state index is 12.5. The van der Waals surface area contributed by atoms with Crippen LogP contribution in [-0.4, -0.2) is 31.0 Å². The summed E-state index contributed by atoms with van der Waals surface area (Å²) in [4.78, 5) is 11.3. The van der Waals surface area contributed by atoms with Gasteiger partial charge in [-0.25, -0.2) is 0 Å². The van der Waals surface area contributed by atoms with Gasteiger partial charge in [-0.05, 0) is 18.6 Å². The number of carbonyl (C=O) groups is 1. The van der Waals surface area contributed by atoms with Crippen molar-refractivity contribution in [1.29, 1.82) is 0 Å². The van der Waals surface area contributed by atoms with Crippen molar-refractivity contribution in [2.45, 2.75) is 25.6 Å². The molecule has 3 rings (SSSR count). The Morgan fingerprint density at radius 1 is 0.838 bits per heavy atom. The van der Waals surface area contributed by atoms with E-state index in [0.29, 0.717) is 45.4 Å². The summed E-state index contributed by atoms with van der Waals surface area (Å²) < 4.78 is 54.2. The van der Waals surface area contributed by atoms with Gasteiger partial charge in [0.2, 0.25) is 0 Å². The average molecular weight is 641 g/mol. The van der Waals surface area contributed by atoms with E-state index in [1.807, 2.05) is 18.2 Å². The van der Waals surface area contributed by atoms with E-state index in [0.717, 1.165) is 11.8 Å². The summed E-state index contributed by atoms with van der Waals surface area (Å²) in [6, 6.07) is 13.3. The molecule has 0 bridgehead atoms. The molecule has 3 aromatic carbocycles. The zero-order chi connectivity index (χ0) is 27.0. The van der Waals surface area contributed by atoms with Crippen molar-refractivity contribution in [3.63, 3.8) is 0 Å². The lowest BCUT2D eigenvalue weighted by Crippen LogP contribution is -2.13. The number of rotatable bonds is 12. The fraction of sp³-hybridized carbons (Fsp3) is 0.269. The van der Waals surface area contributed by atoms with Crippen LogP contribution in [0.5, 0.6) is 17.2 Å². The van der Waals surface area contributed by atoms with Gasteiger partial charge in [0.1, 0.15) is 23.9 Å². The van der Waals surface area contributed by atoms with Crippen LogP contribution in [0.15, 0.2) is 48.5 Å². The normalized spacial score (nSPS) is 11.3. The molecule has 0 radical (unpaired) electrons. The first kappa shape index (κ1) is 29.4. The zero-order valence-electron chi connectivity index (χ0n) is 19.2. The third-order valence-electron chi connectivity index (χ3n) is 5.09. The van der Waals surface area contributed by atoms with Gasteiger partial charge < -0.3 is 14.2 Å². The summed E-state index contributed by atoms with van der Waals surface area (Å²) in [5.41, 5.74) is 1.96. The number of benzene rings is 3. The Balaban J connectivity index is 1.81. The molecule has 0 saturated carbocycles. The monoisotopic (exact) mass is 638 g/mol. The zero-order valence-corrected chi connectivity index (χ0v) is 23.1. The molecule has 0 unspecified atom stereocenters. The van der Waals surface area contributed by atoms with Gasteiger partial charge in [0.05, 0.1) is 40.3 Å². The van der Waals surface area contributed by atoms with E-state index in [2.05, 4.69) is 15.9 Å². The van der Waals surface area contributed by atoms with Crippen LogP contribution >= 0.6 is 50.7 Å². The molecule has 11 heteroatoms. The Labute approximate surface area is 235 Å². The van der Waals surface area contributed by atoms with Gasteiger partial charge in [-0.2, -0.15) is 13.2 Å². The highest BCUT2D eigenvalue weighted by atomic mass is 79.9. The molecule has 0 saturated heterocycles. The molecule has 0 aromatic heterocycles. The third kappa shape index (κ3) is 8.18. The Morgan fingerprint density at radius 2 is 1.51 bits per heavy atom. The predicted molar refractivity (Wildman–Crippen MR) is 143 cm³/mol. The minimum absolute atomic E-state index is 0.00688. The lowest BCUT2D eigenvalue weighted by atomic mass is 10.0. The smallest absolute Gasteiger partial charge is 0.392 e. The van der Waals surface area contributed by atoms with Crippen molar-refractivity contribution in [1.82, 2.24) is 0 Å². The highest BCUT2D eigenvalue weighted by molar-refractivity contribution is 9.09. The Bertz CT molecular complexity index is 1240. The molecule has 0 aliphatic carbocycles. The summed E-state index contributed by atoms with van der Waals surface area (Å²) in [5.74, 6) is 0.593. The van der Waals surface area contributed by atoms with E-state index in [1.54, 1.807) is 18.2 Å².